The Hall–Kier alpha value is -1.93. The summed E-state index contributed by atoms with van der Waals surface area (Å²) in [6.45, 7) is 21.4. The lowest BCUT2D eigenvalue weighted by atomic mass is 10.1. The molecule has 0 saturated heterocycles. The number of carbonyl (C=O) groups excluding carboxylic acids is 1. The van der Waals surface area contributed by atoms with Crippen LogP contribution >= 0.6 is 55.1 Å². The van der Waals surface area contributed by atoms with Gasteiger partial charge in [-0.15, -0.1) is 0 Å². The number of carboxylic acids is 1. The van der Waals surface area contributed by atoms with Crippen LogP contribution in [0.2, 0.25) is 61.7 Å². The van der Waals surface area contributed by atoms with E-state index in [-0.39, 0.29) is 39.6 Å². The van der Waals surface area contributed by atoms with Crippen LogP contribution in [0.25, 0.3) is 22.3 Å². The number of fused-ring (bicyclic) bond motifs is 2. The first-order valence-electron chi connectivity index (χ1n) is 15.2. The summed E-state index contributed by atoms with van der Waals surface area (Å²) >= 11 is 18.5. The topological polar surface area (TPSA) is 146 Å². The number of ether oxygens (including phenoxy) is 2. The Balaban J connectivity index is 0.000000264. The molecular formula is C30H43Br2Cl2N7O5Si2. The molecule has 0 unspecified atom stereocenters. The predicted molar refractivity (Wildman–Crippen MR) is 203 cm³/mol. The van der Waals surface area contributed by atoms with Gasteiger partial charge in [0.2, 0.25) is 0 Å². The molecule has 12 nitrogen and oxygen atoms in total. The van der Waals surface area contributed by atoms with Crippen molar-refractivity contribution in [3.63, 3.8) is 0 Å². The van der Waals surface area contributed by atoms with Crippen LogP contribution in [0, 0.1) is 0 Å². The van der Waals surface area contributed by atoms with Crippen molar-refractivity contribution in [1.29, 1.82) is 0 Å². The van der Waals surface area contributed by atoms with E-state index in [2.05, 4.69) is 96.4 Å². The van der Waals surface area contributed by atoms with Gasteiger partial charge in [0.05, 0.1) is 5.56 Å². The Kier molecular flexibility index (Phi) is 13.8. The largest absolute Gasteiger partial charge is 0.478 e. The van der Waals surface area contributed by atoms with E-state index < -0.39 is 22.1 Å². The summed E-state index contributed by atoms with van der Waals surface area (Å²) in [5.41, 5.74) is 1.90. The van der Waals surface area contributed by atoms with E-state index in [0.717, 1.165) is 12.1 Å². The number of nitrogens with one attached hydrogen (secondary N) is 1. The maximum atomic E-state index is 12.7. The molecular weight excluding hydrogens is 825 g/mol. The summed E-state index contributed by atoms with van der Waals surface area (Å²) in [7, 11) is -2.32. The minimum Gasteiger partial charge on any atom is -0.478 e. The second-order valence-electron chi connectivity index (χ2n) is 14.7. The minimum absolute atomic E-state index is 0.0775. The molecule has 0 aliphatic carbocycles. The molecule has 0 spiro atoms. The number of amides is 1. The van der Waals surface area contributed by atoms with Crippen LogP contribution in [-0.4, -0.2) is 81.0 Å². The smallest absolute Gasteiger partial charge is 0.339 e. The number of aromatic nitrogens is 6. The van der Waals surface area contributed by atoms with Gasteiger partial charge in [-0.2, -0.15) is 0 Å². The highest BCUT2D eigenvalue weighted by Crippen LogP contribution is 2.27. The third-order valence-electron chi connectivity index (χ3n) is 6.63. The fourth-order valence-electron chi connectivity index (χ4n) is 4.10. The van der Waals surface area contributed by atoms with Crippen LogP contribution in [0.4, 0.5) is 0 Å². The number of halogens is 4. The first-order valence-corrected chi connectivity index (χ1v) is 25.0. The molecule has 2 N–H and O–H groups in total. The molecule has 0 aliphatic rings. The van der Waals surface area contributed by atoms with Crippen molar-refractivity contribution in [3.05, 3.63) is 43.0 Å². The van der Waals surface area contributed by atoms with E-state index >= 15 is 0 Å². The van der Waals surface area contributed by atoms with Crippen molar-refractivity contribution in [2.45, 2.75) is 91.1 Å². The fraction of sp³-hybridized carbons (Fsp3) is 0.533. The Labute approximate surface area is 309 Å². The maximum absolute atomic E-state index is 12.7. The highest BCUT2D eigenvalue weighted by atomic mass is 79.9. The van der Waals surface area contributed by atoms with E-state index in [4.69, 9.17) is 32.7 Å². The first kappa shape index (κ1) is 40.5. The highest BCUT2D eigenvalue weighted by Gasteiger charge is 2.23. The quantitative estimate of drug-likeness (QED) is 0.106. The van der Waals surface area contributed by atoms with Crippen molar-refractivity contribution in [3.8, 4) is 0 Å². The molecule has 18 heteroatoms. The molecule has 264 valence electrons. The monoisotopic (exact) mass is 865 g/mol. The molecule has 0 atom stereocenters. The number of aromatic carboxylic acids is 1. The number of rotatable bonds is 12. The van der Waals surface area contributed by atoms with Crippen LogP contribution in [0.5, 0.6) is 0 Å². The van der Waals surface area contributed by atoms with Crippen LogP contribution in [0.15, 0.2) is 21.6 Å². The zero-order valence-corrected chi connectivity index (χ0v) is 35.4. The van der Waals surface area contributed by atoms with Crippen LogP contribution in [0.3, 0.4) is 0 Å². The zero-order valence-electron chi connectivity index (χ0n) is 28.7. The Morgan fingerprint density at radius 1 is 0.792 bits per heavy atom. The van der Waals surface area contributed by atoms with Gasteiger partial charge in [-0.1, -0.05) is 62.5 Å². The van der Waals surface area contributed by atoms with E-state index in [9.17, 15) is 14.7 Å². The molecule has 0 aromatic carbocycles. The fourth-order valence-corrected chi connectivity index (χ4v) is 6.39. The number of hydrogen-bond acceptors (Lipinski definition) is 8. The van der Waals surface area contributed by atoms with Crippen molar-refractivity contribution >= 4 is 105 Å². The van der Waals surface area contributed by atoms with Gasteiger partial charge in [0.25, 0.3) is 5.91 Å². The number of hydrogen-bond donors (Lipinski definition) is 2. The lowest BCUT2D eigenvalue weighted by molar-refractivity contribution is 0.0695. The third-order valence-corrected chi connectivity index (χ3v) is 12.1. The van der Waals surface area contributed by atoms with E-state index in [1.165, 1.54) is 6.20 Å². The average molecular weight is 869 g/mol. The van der Waals surface area contributed by atoms with Crippen LogP contribution in [0.1, 0.15) is 41.5 Å². The van der Waals surface area contributed by atoms with E-state index in [1.54, 1.807) is 15.3 Å². The van der Waals surface area contributed by atoms with Crippen molar-refractivity contribution in [1.82, 2.24) is 34.4 Å². The molecule has 0 fully saturated rings. The third kappa shape index (κ3) is 11.8. The molecule has 0 aliphatic heterocycles. The average Bonchev–Trinajstić information content (AvgIpc) is 3.46. The summed E-state index contributed by atoms with van der Waals surface area (Å²) in [6.07, 6.45) is 3.20. The van der Waals surface area contributed by atoms with Gasteiger partial charge in [0, 0.05) is 47.3 Å². The molecule has 0 saturated carbocycles. The van der Waals surface area contributed by atoms with E-state index in [0.29, 0.717) is 51.5 Å². The van der Waals surface area contributed by atoms with Gasteiger partial charge < -0.3 is 29.0 Å². The summed E-state index contributed by atoms with van der Waals surface area (Å²) in [5.74, 6) is -1.26. The summed E-state index contributed by atoms with van der Waals surface area (Å²) < 4.78 is 15.6. The van der Waals surface area contributed by atoms with Crippen LogP contribution in [-0.2, 0) is 22.9 Å². The molecule has 0 radical (unpaired) electrons. The van der Waals surface area contributed by atoms with Crippen LogP contribution < -0.4 is 5.32 Å². The predicted octanol–water partition coefficient (Wildman–Crippen LogP) is 8.55. The standard InChI is InChI=1S/C17H26BrClN4O2Si.C13H17BrClN3O3Si/c1-17(2,3)22-16(24)11-9-23(10-25-7-8-26(4,5)6)15-12(11)20-13(18)14(19)21-15;1-22(2,3)5-4-21-7-18-6-8(13(19)20)9-12(18)17-11(15)10(14)16-9/h9H,7-8,10H2,1-6H3,(H,22,24);6H,4-5,7H2,1-3H3,(H,19,20). The minimum atomic E-state index is -1.16. The number of carboxylic acid groups (broad SMARTS) is 1. The van der Waals surface area contributed by atoms with Crippen molar-refractivity contribution in [2.24, 2.45) is 0 Å². The highest BCUT2D eigenvalue weighted by molar-refractivity contribution is 9.10. The molecule has 4 heterocycles. The lowest BCUT2D eigenvalue weighted by Crippen LogP contribution is -2.40. The van der Waals surface area contributed by atoms with Crippen molar-refractivity contribution in [2.75, 3.05) is 13.2 Å². The second-order valence-corrected chi connectivity index (χ2v) is 28.1. The van der Waals surface area contributed by atoms with Gasteiger partial charge in [0.15, 0.2) is 21.6 Å². The Morgan fingerprint density at radius 3 is 1.56 bits per heavy atom. The van der Waals surface area contributed by atoms with Gasteiger partial charge in [-0.3, -0.25) is 4.79 Å². The Morgan fingerprint density at radius 2 is 1.19 bits per heavy atom. The second kappa shape index (κ2) is 16.4. The maximum Gasteiger partial charge on any atom is 0.339 e. The molecule has 4 aromatic heterocycles. The van der Waals surface area contributed by atoms with Gasteiger partial charge >= 0.3 is 5.97 Å². The summed E-state index contributed by atoms with van der Waals surface area (Å²) in [6, 6.07) is 2.11. The van der Waals surface area contributed by atoms with Gasteiger partial charge in [0.1, 0.15) is 39.3 Å². The molecule has 1 amide bonds. The number of nitrogens with zero attached hydrogens (tertiary/aromatic N) is 6. The Bertz CT molecular complexity index is 1780. The van der Waals surface area contributed by atoms with Gasteiger partial charge in [-0.25, -0.2) is 24.7 Å². The SMILES string of the molecule is CC(C)(C)NC(=O)c1cn(COCC[Si](C)(C)C)c2nc(Cl)c(Br)nc12.C[Si](C)(C)CCOCn1cc(C(=O)O)c2nc(Br)c(Cl)nc21. The lowest BCUT2D eigenvalue weighted by Gasteiger charge is -2.20. The molecule has 48 heavy (non-hydrogen) atoms. The summed E-state index contributed by atoms with van der Waals surface area (Å²) in [5, 5.41) is 12.7. The molecule has 4 rings (SSSR count). The first-order chi connectivity index (χ1) is 22.1. The molecule has 4 aromatic rings. The van der Waals surface area contributed by atoms with Crippen molar-refractivity contribution < 1.29 is 24.2 Å². The normalized spacial score (nSPS) is 12.4. The van der Waals surface area contributed by atoms with Gasteiger partial charge in [-0.05, 0) is 64.7 Å². The molecule has 0 bridgehead atoms. The number of carbonyl (C=O) groups is 2. The summed E-state index contributed by atoms with van der Waals surface area (Å²) in [4.78, 5) is 41.1. The van der Waals surface area contributed by atoms with E-state index in [1.807, 2.05) is 20.8 Å². The zero-order chi connectivity index (χ0) is 36.2.